The van der Waals surface area contributed by atoms with Gasteiger partial charge in [0.05, 0.1) is 25.4 Å². The number of aliphatic hydroxyl groups is 1. The van der Waals surface area contributed by atoms with E-state index in [2.05, 4.69) is 5.32 Å². The molecule has 0 saturated carbocycles. The van der Waals surface area contributed by atoms with Gasteiger partial charge in [-0.05, 0) is 24.6 Å². The Labute approximate surface area is 119 Å². The van der Waals surface area contributed by atoms with E-state index in [0.717, 1.165) is 5.56 Å². The van der Waals surface area contributed by atoms with E-state index >= 15 is 0 Å². The van der Waals surface area contributed by atoms with Crippen molar-refractivity contribution < 1.29 is 14.6 Å². The van der Waals surface area contributed by atoms with Crippen LogP contribution in [0, 0.1) is 0 Å². The molecule has 5 heteroatoms. The van der Waals surface area contributed by atoms with Crippen LogP contribution in [0.1, 0.15) is 12.5 Å². The first-order valence-corrected chi connectivity index (χ1v) is 6.73. The van der Waals surface area contributed by atoms with E-state index in [1.54, 1.807) is 7.11 Å². The van der Waals surface area contributed by atoms with E-state index in [1.165, 1.54) is 0 Å². The van der Waals surface area contributed by atoms with Gasteiger partial charge in [-0.25, -0.2) is 0 Å². The Bertz CT molecular complexity index is 345. The Hall–Kier alpha value is -0.650. The van der Waals surface area contributed by atoms with Crippen LogP contribution in [0.2, 0.25) is 5.02 Å². The predicted octanol–water partition coefficient (Wildman–Crippen LogP) is 1.84. The Kier molecular flexibility index (Phi) is 8.02. The van der Waals surface area contributed by atoms with Gasteiger partial charge in [0.2, 0.25) is 0 Å². The van der Waals surface area contributed by atoms with Crippen LogP contribution < -0.4 is 5.32 Å². The van der Waals surface area contributed by atoms with Crippen molar-refractivity contribution in [1.29, 1.82) is 0 Å². The van der Waals surface area contributed by atoms with Crippen molar-refractivity contribution in [3.63, 3.8) is 0 Å². The molecule has 0 bridgehead atoms. The van der Waals surface area contributed by atoms with E-state index in [9.17, 15) is 5.11 Å². The number of benzene rings is 1. The molecule has 0 fully saturated rings. The maximum Gasteiger partial charge on any atom is 0.0897 e. The van der Waals surface area contributed by atoms with Gasteiger partial charge in [-0.1, -0.05) is 23.7 Å². The van der Waals surface area contributed by atoms with Gasteiger partial charge in [-0.2, -0.15) is 0 Å². The lowest BCUT2D eigenvalue weighted by molar-refractivity contribution is 0.0266. The molecule has 19 heavy (non-hydrogen) atoms. The fourth-order valence-electron chi connectivity index (χ4n) is 1.49. The molecular weight excluding hydrogens is 266 g/mol. The number of rotatable bonds is 9. The van der Waals surface area contributed by atoms with Gasteiger partial charge in [-0.3, -0.25) is 0 Å². The lowest BCUT2D eigenvalue weighted by Gasteiger charge is -2.14. The SMILES string of the molecule is COC(C)CNCC(O)COCc1ccc(Cl)cc1. The number of halogens is 1. The van der Waals surface area contributed by atoms with Crippen LogP contribution >= 0.6 is 11.6 Å². The average molecular weight is 288 g/mol. The van der Waals surface area contributed by atoms with Crippen LogP contribution in [0.3, 0.4) is 0 Å². The second-order valence-electron chi connectivity index (χ2n) is 4.50. The van der Waals surface area contributed by atoms with Crippen molar-refractivity contribution >= 4 is 11.6 Å². The summed E-state index contributed by atoms with van der Waals surface area (Å²) in [5.74, 6) is 0. The van der Waals surface area contributed by atoms with Crippen LogP contribution in [0.15, 0.2) is 24.3 Å². The molecule has 1 aromatic rings. The van der Waals surface area contributed by atoms with E-state index in [0.29, 0.717) is 31.3 Å². The molecule has 0 heterocycles. The number of methoxy groups -OCH3 is 1. The van der Waals surface area contributed by atoms with Crippen LogP contribution in [0.5, 0.6) is 0 Å². The third-order valence-electron chi connectivity index (χ3n) is 2.71. The predicted molar refractivity (Wildman–Crippen MR) is 76.5 cm³/mol. The molecule has 108 valence electrons. The molecule has 2 unspecified atom stereocenters. The van der Waals surface area contributed by atoms with E-state index < -0.39 is 6.10 Å². The molecule has 2 atom stereocenters. The smallest absolute Gasteiger partial charge is 0.0897 e. The van der Waals surface area contributed by atoms with Crippen LogP contribution in [-0.2, 0) is 16.1 Å². The normalized spacial score (nSPS) is 14.3. The standard InChI is InChI=1S/C14H22ClNO3/c1-11(18-2)7-16-8-14(17)10-19-9-12-3-5-13(15)6-4-12/h3-6,11,14,16-17H,7-10H2,1-2H3. The summed E-state index contributed by atoms with van der Waals surface area (Å²) in [6, 6.07) is 7.47. The minimum absolute atomic E-state index is 0.141. The fourth-order valence-corrected chi connectivity index (χ4v) is 1.61. The van der Waals surface area contributed by atoms with Gasteiger partial charge >= 0.3 is 0 Å². The summed E-state index contributed by atoms with van der Waals surface area (Å²) in [7, 11) is 1.66. The summed E-state index contributed by atoms with van der Waals surface area (Å²) >= 11 is 5.79. The molecule has 0 radical (unpaired) electrons. The Balaban J connectivity index is 2.10. The van der Waals surface area contributed by atoms with Crippen LogP contribution in [-0.4, -0.2) is 44.1 Å². The van der Waals surface area contributed by atoms with Gasteiger partial charge < -0.3 is 19.9 Å². The molecule has 0 amide bonds. The number of hydrogen-bond donors (Lipinski definition) is 2. The molecule has 0 aliphatic heterocycles. The first kappa shape index (κ1) is 16.4. The molecule has 0 aliphatic rings. The fraction of sp³-hybridized carbons (Fsp3) is 0.571. The third kappa shape index (κ3) is 7.50. The van der Waals surface area contributed by atoms with Gasteiger partial charge in [0.1, 0.15) is 0 Å². The zero-order chi connectivity index (χ0) is 14.1. The topological polar surface area (TPSA) is 50.7 Å². The molecule has 0 saturated heterocycles. The Morgan fingerprint density at radius 1 is 1.26 bits per heavy atom. The molecule has 0 aliphatic carbocycles. The first-order chi connectivity index (χ1) is 9.11. The van der Waals surface area contributed by atoms with Crippen molar-refractivity contribution in [1.82, 2.24) is 5.32 Å². The molecular formula is C14H22ClNO3. The highest BCUT2D eigenvalue weighted by Crippen LogP contribution is 2.10. The summed E-state index contributed by atoms with van der Waals surface area (Å²) in [5, 5.41) is 13.5. The molecule has 4 nitrogen and oxygen atoms in total. The van der Waals surface area contributed by atoms with Crippen molar-refractivity contribution in [2.24, 2.45) is 0 Å². The van der Waals surface area contributed by atoms with E-state index in [4.69, 9.17) is 21.1 Å². The van der Waals surface area contributed by atoms with Gasteiger partial charge in [-0.15, -0.1) is 0 Å². The highest BCUT2D eigenvalue weighted by atomic mass is 35.5. The number of hydrogen-bond acceptors (Lipinski definition) is 4. The minimum Gasteiger partial charge on any atom is -0.389 e. The molecule has 0 spiro atoms. The summed E-state index contributed by atoms with van der Waals surface area (Å²) in [5.41, 5.74) is 1.04. The van der Waals surface area contributed by atoms with Gasteiger partial charge in [0.25, 0.3) is 0 Å². The Morgan fingerprint density at radius 2 is 1.95 bits per heavy atom. The average Bonchev–Trinajstić information content (AvgIpc) is 2.41. The third-order valence-corrected chi connectivity index (χ3v) is 2.96. The number of nitrogens with one attached hydrogen (secondary N) is 1. The van der Waals surface area contributed by atoms with Crippen molar-refractivity contribution in [3.8, 4) is 0 Å². The Morgan fingerprint density at radius 3 is 2.58 bits per heavy atom. The number of ether oxygens (including phenoxy) is 2. The van der Waals surface area contributed by atoms with E-state index in [-0.39, 0.29) is 6.10 Å². The summed E-state index contributed by atoms with van der Waals surface area (Å²) in [6.07, 6.45) is -0.376. The van der Waals surface area contributed by atoms with Crippen LogP contribution in [0.4, 0.5) is 0 Å². The second-order valence-corrected chi connectivity index (χ2v) is 4.94. The lowest BCUT2D eigenvalue weighted by Crippen LogP contribution is -2.34. The quantitative estimate of drug-likeness (QED) is 0.728. The zero-order valence-electron chi connectivity index (χ0n) is 11.4. The minimum atomic E-state index is -0.517. The summed E-state index contributed by atoms with van der Waals surface area (Å²) in [6.45, 7) is 3.95. The molecule has 1 aromatic carbocycles. The summed E-state index contributed by atoms with van der Waals surface area (Å²) in [4.78, 5) is 0. The first-order valence-electron chi connectivity index (χ1n) is 6.35. The highest BCUT2D eigenvalue weighted by Gasteiger charge is 2.05. The zero-order valence-corrected chi connectivity index (χ0v) is 12.2. The highest BCUT2D eigenvalue weighted by molar-refractivity contribution is 6.30. The molecule has 2 N–H and O–H groups in total. The van der Waals surface area contributed by atoms with Crippen molar-refractivity contribution in [3.05, 3.63) is 34.9 Å². The molecule has 0 aromatic heterocycles. The molecule has 1 rings (SSSR count). The van der Waals surface area contributed by atoms with Crippen LogP contribution in [0.25, 0.3) is 0 Å². The number of aliphatic hydroxyl groups excluding tert-OH is 1. The maximum atomic E-state index is 9.71. The van der Waals surface area contributed by atoms with Crippen molar-refractivity contribution in [2.75, 3.05) is 26.8 Å². The maximum absolute atomic E-state index is 9.71. The lowest BCUT2D eigenvalue weighted by atomic mass is 10.2. The van der Waals surface area contributed by atoms with Gasteiger partial charge in [0, 0.05) is 25.2 Å². The largest absolute Gasteiger partial charge is 0.389 e. The second kappa shape index (κ2) is 9.28. The van der Waals surface area contributed by atoms with Crippen molar-refractivity contribution in [2.45, 2.75) is 25.7 Å². The van der Waals surface area contributed by atoms with Gasteiger partial charge in [0.15, 0.2) is 0 Å². The summed E-state index contributed by atoms with van der Waals surface area (Å²) < 4.78 is 10.5. The van der Waals surface area contributed by atoms with E-state index in [1.807, 2.05) is 31.2 Å². The monoisotopic (exact) mass is 287 g/mol.